The Bertz CT molecular complexity index is 1590. The second-order valence-electron chi connectivity index (χ2n) is 10.3. The Labute approximate surface area is 216 Å². The number of nitrogens with zero attached hydrogens (tertiary/aromatic N) is 1. The zero-order valence-electron chi connectivity index (χ0n) is 20.3. The topological polar surface area (TPSA) is 116 Å². The Morgan fingerprint density at radius 2 is 1.75 bits per heavy atom. The molecule has 0 bridgehead atoms. The van der Waals surface area contributed by atoms with Gasteiger partial charge in [0.1, 0.15) is 10.6 Å². The number of aryl methyl sites for hydroxylation is 2. The molecular weight excluding hydrogens is 522 g/mol. The van der Waals surface area contributed by atoms with Gasteiger partial charge in [0.05, 0.1) is 11.2 Å². The average molecular weight is 550 g/mol. The first-order chi connectivity index (χ1) is 16.8. The second kappa shape index (κ2) is 8.58. The summed E-state index contributed by atoms with van der Waals surface area (Å²) in [4.78, 5) is 16.4. The molecule has 1 aliphatic heterocycles. The van der Waals surface area contributed by atoms with Crippen molar-refractivity contribution < 1.29 is 21.6 Å². The summed E-state index contributed by atoms with van der Waals surface area (Å²) in [5.41, 5.74) is 1.94. The van der Waals surface area contributed by atoms with E-state index < -0.39 is 25.8 Å². The zero-order valence-corrected chi connectivity index (χ0v) is 22.6. The van der Waals surface area contributed by atoms with Crippen LogP contribution in [0.2, 0.25) is 5.02 Å². The third-order valence-corrected chi connectivity index (χ3v) is 10.6. The fourth-order valence-electron chi connectivity index (χ4n) is 5.64. The van der Waals surface area contributed by atoms with Crippen LogP contribution >= 0.6 is 11.6 Å². The predicted octanol–water partition coefficient (Wildman–Crippen LogP) is 3.81. The molecule has 1 aliphatic carbocycles. The van der Waals surface area contributed by atoms with Crippen LogP contribution < -0.4 is 5.32 Å². The van der Waals surface area contributed by atoms with Crippen LogP contribution in [0.25, 0.3) is 10.9 Å². The lowest BCUT2D eigenvalue weighted by atomic mass is 9.65. The van der Waals surface area contributed by atoms with E-state index in [2.05, 4.69) is 10.3 Å². The van der Waals surface area contributed by atoms with Gasteiger partial charge < -0.3 is 10.3 Å². The summed E-state index contributed by atoms with van der Waals surface area (Å²) in [6.07, 6.45) is 3.26. The van der Waals surface area contributed by atoms with Gasteiger partial charge in [0, 0.05) is 35.1 Å². The molecular formula is C25H28ClN3O5S2. The third-order valence-electron chi connectivity index (χ3n) is 7.28. The van der Waals surface area contributed by atoms with Crippen LogP contribution in [0.3, 0.4) is 0 Å². The van der Waals surface area contributed by atoms with E-state index in [1.54, 1.807) is 30.3 Å². The van der Waals surface area contributed by atoms with E-state index in [-0.39, 0.29) is 26.9 Å². The average Bonchev–Trinajstić information content (AvgIpc) is 3.35. The number of hydrogen-bond donors (Lipinski definition) is 2. The standard InChI is InChI=1S/C25H28ClN3O5S2/c1-15-8-16(2)10-19(9-15)36(33,34)23-20-11-17(26)4-5-21(20)28-22(23)24(30)27-18-12-25(13-18)6-7-29(14-25)35(3,31)32/h4-5,8-11,18,28H,6-7,12-14H2,1-3H3,(H,27,30). The van der Waals surface area contributed by atoms with Gasteiger partial charge in [0.25, 0.3) is 5.91 Å². The summed E-state index contributed by atoms with van der Waals surface area (Å²) in [7, 11) is -7.30. The molecule has 2 N–H and O–H groups in total. The Hall–Kier alpha value is -2.40. The first kappa shape index (κ1) is 25.3. The molecule has 2 fully saturated rings. The second-order valence-corrected chi connectivity index (χ2v) is 14.6. The van der Waals surface area contributed by atoms with Crippen molar-refractivity contribution in [3.8, 4) is 0 Å². The fourth-order valence-corrected chi connectivity index (χ4v) is 8.53. The molecule has 11 heteroatoms. The Kier molecular flexibility index (Phi) is 6.02. The highest BCUT2D eigenvalue weighted by Crippen LogP contribution is 2.49. The largest absolute Gasteiger partial charge is 0.349 e. The number of H-pyrrole nitrogens is 1. The van der Waals surface area contributed by atoms with E-state index in [1.165, 1.54) is 10.6 Å². The lowest BCUT2D eigenvalue weighted by molar-refractivity contribution is 0.0724. The number of sulfone groups is 1. The number of fused-ring (bicyclic) bond motifs is 1. The summed E-state index contributed by atoms with van der Waals surface area (Å²) in [6, 6.07) is 9.76. The molecule has 2 heterocycles. The van der Waals surface area contributed by atoms with Crippen molar-refractivity contribution in [3.63, 3.8) is 0 Å². The van der Waals surface area contributed by atoms with Gasteiger partial charge in [-0.2, -0.15) is 0 Å². The van der Waals surface area contributed by atoms with Crippen LogP contribution in [0.1, 0.15) is 40.9 Å². The van der Waals surface area contributed by atoms with Gasteiger partial charge in [0.2, 0.25) is 19.9 Å². The van der Waals surface area contributed by atoms with Crippen molar-refractivity contribution in [2.75, 3.05) is 19.3 Å². The highest BCUT2D eigenvalue weighted by molar-refractivity contribution is 7.91. The van der Waals surface area contributed by atoms with Gasteiger partial charge in [-0.1, -0.05) is 17.7 Å². The number of nitrogens with one attached hydrogen (secondary N) is 2. The molecule has 1 aromatic heterocycles. The van der Waals surface area contributed by atoms with Crippen LogP contribution in [0, 0.1) is 19.3 Å². The van der Waals surface area contributed by atoms with Crippen LogP contribution in [-0.4, -0.2) is 57.4 Å². The quantitative estimate of drug-likeness (QED) is 0.502. The first-order valence-electron chi connectivity index (χ1n) is 11.7. The first-order valence-corrected chi connectivity index (χ1v) is 15.4. The number of sulfonamides is 1. The van der Waals surface area contributed by atoms with Gasteiger partial charge in [-0.3, -0.25) is 4.79 Å². The summed E-state index contributed by atoms with van der Waals surface area (Å²) in [6.45, 7) is 4.59. The van der Waals surface area contributed by atoms with Crippen molar-refractivity contribution in [2.45, 2.75) is 48.9 Å². The summed E-state index contributed by atoms with van der Waals surface area (Å²) in [5, 5.41) is 3.69. The number of halogens is 1. The van der Waals surface area contributed by atoms with Crippen molar-refractivity contribution in [3.05, 3.63) is 58.2 Å². The van der Waals surface area contributed by atoms with Gasteiger partial charge >= 0.3 is 0 Å². The molecule has 36 heavy (non-hydrogen) atoms. The van der Waals surface area contributed by atoms with Gasteiger partial charge in [-0.05, 0) is 80.0 Å². The minimum absolute atomic E-state index is 0.0310. The van der Waals surface area contributed by atoms with Crippen LogP contribution in [0.4, 0.5) is 0 Å². The lowest BCUT2D eigenvalue weighted by Gasteiger charge is -2.45. The van der Waals surface area contributed by atoms with Crippen molar-refractivity contribution in [1.29, 1.82) is 0 Å². The number of carbonyl (C=O) groups is 1. The van der Waals surface area contributed by atoms with Crippen LogP contribution in [0.15, 0.2) is 46.2 Å². The van der Waals surface area contributed by atoms with Gasteiger partial charge in [-0.15, -0.1) is 0 Å². The normalized spacial score (nSPS) is 22.7. The van der Waals surface area contributed by atoms with E-state index in [9.17, 15) is 21.6 Å². The molecule has 1 saturated carbocycles. The van der Waals surface area contributed by atoms with Crippen LogP contribution in [-0.2, 0) is 19.9 Å². The number of amides is 1. The molecule has 1 spiro atoms. The molecule has 2 aliphatic rings. The van der Waals surface area contributed by atoms with E-state index in [0.29, 0.717) is 41.9 Å². The number of aromatic amines is 1. The number of aromatic nitrogens is 1. The SMILES string of the molecule is Cc1cc(C)cc(S(=O)(=O)c2c(C(=O)NC3CC4(CCN(S(C)(=O)=O)C4)C3)[nH]c3ccc(Cl)cc23)c1. The smallest absolute Gasteiger partial charge is 0.269 e. The molecule has 1 amide bonds. The highest BCUT2D eigenvalue weighted by Gasteiger charge is 2.50. The summed E-state index contributed by atoms with van der Waals surface area (Å²) < 4.78 is 53.0. The number of benzene rings is 2. The maximum atomic E-state index is 13.8. The molecule has 3 aromatic rings. The maximum absolute atomic E-state index is 13.8. The number of carbonyl (C=O) groups excluding carboxylic acids is 1. The molecule has 1 saturated heterocycles. The Balaban J connectivity index is 1.46. The molecule has 5 rings (SSSR count). The van der Waals surface area contributed by atoms with Crippen LogP contribution in [0.5, 0.6) is 0 Å². The minimum Gasteiger partial charge on any atom is -0.349 e. The van der Waals surface area contributed by atoms with E-state index in [0.717, 1.165) is 17.5 Å². The summed E-state index contributed by atoms with van der Waals surface area (Å²) in [5.74, 6) is -0.511. The fraction of sp³-hybridized carbons (Fsp3) is 0.400. The lowest BCUT2D eigenvalue weighted by Crippen LogP contribution is -2.52. The van der Waals surface area contributed by atoms with Gasteiger partial charge in [0.15, 0.2) is 0 Å². The Morgan fingerprint density at radius 3 is 2.36 bits per heavy atom. The molecule has 192 valence electrons. The minimum atomic E-state index is -4.05. The maximum Gasteiger partial charge on any atom is 0.269 e. The third kappa shape index (κ3) is 4.44. The monoisotopic (exact) mass is 549 g/mol. The highest BCUT2D eigenvalue weighted by atomic mass is 35.5. The van der Waals surface area contributed by atoms with Gasteiger partial charge in [-0.25, -0.2) is 21.1 Å². The zero-order chi connectivity index (χ0) is 26.0. The number of rotatable bonds is 5. The molecule has 0 unspecified atom stereocenters. The molecule has 0 atom stereocenters. The molecule has 0 radical (unpaired) electrons. The Morgan fingerprint density at radius 1 is 1.08 bits per heavy atom. The van der Waals surface area contributed by atoms with E-state index >= 15 is 0 Å². The molecule has 2 aromatic carbocycles. The summed E-state index contributed by atoms with van der Waals surface area (Å²) >= 11 is 6.20. The van der Waals surface area contributed by atoms with Crippen molar-refractivity contribution >= 4 is 48.3 Å². The van der Waals surface area contributed by atoms with E-state index in [4.69, 9.17) is 11.6 Å². The van der Waals surface area contributed by atoms with E-state index in [1.807, 2.05) is 19.9 Å². The predicted molar refractivity (Wildman–Crippen MR) is 139 cm³/mol. The molecule has 8 nitrogen and oxygen atoms in total. The van der Waals surface area contributed by atoms with Crippen molar-refractivity contribution in [2.24, 2.45) is 5.41 Å². The van der Waals surface area contributed by atoms with Crippen molar-refractivity contribution in [1.82, 2.24) is 14.6 Å². The number of hydrogen-bond acceptors (Lipinski definition) is 5.